The lowest BCUT2D eigenvalue weighted by molar-refractivity contribution is 0.304. The Morgan fingerprint density at radius 1 is 1.16 bits per heavy atom. The molecule has 0 unspecified atom stereocenters. The minimum absolute atomic E-state index is 0.199. The van der Waals surface area contributed by atoms with Crippen LogP contribution in [0, 0.1) is 6.92 Å². The van der Waals surface area contributed by atoms with Gasteiger partial charge in [0, 0.05) is 17.0 Å². The lowest BCUT2D eigenvalue weighted by atomic mass is 10.1. The summed E-state index contributed by atoms with van der Waals surface area (Å²) in [5.74, 6) is 0.840. The highest BCUT2D eigenvalue weighted by atomic mass is 16.5. The number of fused-ring (bicyclic) bond motifs is 1. The topological polar surface area (TPSA) is 42.6 Å². The van der Waals surface area contributed by atoms with Crippen molar-refractivity contribution in [1.82, 2.24) is 0 Å². The van der Waals surface area contributed by atoms with E-state index in [2.05, 4.69) is 6.07 Å². The van der Waals surface area contributed by atoms with Gasteiger partial charge in [-0.3, -0.25) is 0 Å². The SMILES string of the molecule is Cc1ccc2occ(COc3cccc(O)c3)c2c1. The molecular weight excluding hydrogens is 240 g/mol. The molecule has 3 heteroatoms. The highest BCUT2D eigenvalue weighted by Crippen LogP contribution is 2.24. The fourth-order valence-electron chi connectivity index (χ4n) is 2.04. The van der Waals surface area contributed by atoms with Crippen LogP contribution in [0.5, 0.6) is 11.5 Å². The van der Waals surface area contributed by atoms with E-state index in [1.807, 2.05) is 25.1 Å². The number of hydrogen-bond donors (Lipinski definition) is 1. The molecule has 0 aliphatic carbocycles. The first-order valence-electron chi connectivity index (χ1n) is 6.11. The van der Waals surface area contributed by atoms with E-state index >= 15 is 0 Å². The normalized spacial score (nSPS) is 10.8. The van der Waals surface area contributed by atoms with Crippen molar-refractivity contribution in [3.63, 3.8) is 0 Å². The van der Waals surface area contributed by atoms with E-state index in [4.69, 9.17) is 9.15 Å². The number of phenolic OH excluding ortho intramolecular Hbond substituents is 1. The number of phenols is 1. The standard InChI is InChI=1S/C16H14O3/c1-11-5-6-16-15(7-11)12(10-19-16)9-18-14-4-2-3-13(17)8-14/h2-8,10,17H,9H2,1H3. The first-order chi connectivity index (χ1) is 9.22. The third kappa shape index (κ3) is 2.40. The van der Waals surface area contributed by atoms with Crippen LogP contribution in [0.3, 0.4) is 0 Å². The van der Waals surface area contributed by atoms with Crippen LogP contribution in [0.2, 0.25) is 0 Å². The summed E-state index contributed by atoms with van der Waals surface area (Å²) >= 11 is 0. The molecular formula is C16H14O3. The summed E-state index contributed by atoms with van der Waals surface area (Å²) in [5.41, 5.74) is 3.05. The van der Waals surface area contributed by atoms with Gasteiger partial charge in [0.1, 0.15) is 23.7 Å². The van der Waals surface area contributed by atoms with Crippen LogP contribution in [-0.4, -0.2) is 5.11 Å². The second-order valence-electron chi connectivity index (χ2n) is 4.55. The Morgan fingerprint density at radius 2 is 2.05 bits per heavy atom. The molecule has 19 heavy (non-hydrogen) atoms. The van der Waals surface area contributed by atoms with Crippen molar-refractivity contribution in [3.05, 3.63) is 59.9 Å². The third-order valence-corrected chi connectivity index (χ3v) is 3.02. The van der Waals surface area contributed by atoms with Crippen molar-refractivity contribution >= 4 is 11.0 Å². The molecule has 0 bridgehead atoms. The maximum atomic E-state index is 9.38. The fourth-order valence-corrected chi connectivity index (χ4v) is 2.04. The molecule has 3 rings (SSSR count). The Morgan fingerprint density at radius 3 is 2.89 bits per heavy atom. The van der Waals surface area contributed by atoms with Gasteiger partial charge >= 0.3 is 0 Å². The van der Waals surface area contributed by atoms with Crippen LogP contribution >= 0.6 is 0 Å². The lowest BCUT2D eigenvalue weighted by Gasteiger charge is -2.05. The van der Waals surface area contributed by atoms with Crippen LogP contribution in [0.1, 0.15) is 11.1 Å². The van der Waals surface area contributed by atoms with Gasteiger partial charge in [-0.05, 0) is 31.2 Å². The van der Waals surface area contributed by atoms with Gasteiger partial charge in [0.05, 0.1) is 6.26 Å². The number of rotatable bonds is 3. The van der Waals surface area contributed by atoms with Crippen LogP contribution in [0.25, 0.3) is 11.0 Å². The quantitative estimate of drug-likeness (QED) is 0.767. The predicted octanol–water partition coefficient (Wildman–Crippen LogP) is 4.03. The number of aryl methyl sites for hydroxylation is 1. The van der Waals surface area contributed by atoms with Gasteiger partial charge < -0.3 is 14.3 Å². The summed E-state index contributed by atoms with van der Waals surface area (Å²) in [6, 6.07) is 12.8. The molecule has 0 spiro atoms. The molecule has 0 amide bonds. The summed E-state index contributed by atoms with van der Waals surface area (Å²) in [6.45, 7) is 2.46. The summed E-state index contributed by atoms with van der Waals surface area (Å²) in [6.07, 6.45) is 1.72. The average molecular weight is 254 g/mol. The van der Waals surface area contributed by atoms with Gasteiger partial charge in [-0.15, -0.1) is 0 Å². The van der Waals surface area contributed by atoms with Crippen LogP contribution in [0.4, 0.5) is 0 Å². The van der Waals surface area contributed by atoms with E-state index in [1.165, 1.54) is 5.56 Å². The number of ether oxygens (including phenoxy) is 1. The zero-order chi connectivity index (χ0) is 13.2. The number of benzene rings is 2. The van der Waals surface area contributed by atoms with E-state index in [1.54, 1.807) is 24.5 Å². The van der Waals surface area contributed by atoms with Crippen molar-refractivity contribution in [3.8, 4) is 11.5 Å². The average Bonchev–Trinajstić information content (AvgIpc) is 2.79. The molecule has 0 fully saturated rings. The molecule has 3 nitrogen and oxygen atoms in total. The van der Waals surface area contributed by atoms with E-state index < -0.39 is 0 Å². The van der Waals surface area contributed by atoms with Crippen LogP contribution in [-0.2, 0) is 6.61 Å². The molecule has 3 aromatic rings. The number of hydrogen-bond acceptors (Lipinski definition) is 3. The summed E-state index contributed by atoms with van der Waals surface area (Å²) in [5, 5.41) is 10.4. The maximum Gasteiger partial charge on any atom is 0.134 e. The predicted molar refractivity (Wildman–Crippen MR) is 73.4 cm³/mol. The molecule has 1 aromatic heterocycles. The minimum atomic E-state index is 0.199. The summed E-state index contributed by atoms with van der Waals surface area (Å²) in [7, 11) is 0. The second kappa shape index (κ2) is 4.69. The van der Waals surface area contributed by atoms with E-state index in [-0.39, 0.29) is 5.75 Å². The van der Waals surface area contributed by atoms with Crippen molar-refractivity contribution < 1.29 is 14.3 Å². The maximum absolute atomic E-state index is 9.38. The van der Waals surface area contributed by atoms with Gasteiger partial charge in [-0.25, -0.2) is 0 Å². The molecule has 1 N–H and O–H groups in total. The van der Waals surface area contributed by atoms with Gasteiger partial charge in [0.2, 0.25) is 0 Å². The fraction of sp³-hybridized carbons (Fsp3) is 0.125. The Hall–Kier alpha value is -2.42. The first-order valence-corrected chi connectivity index (χ1v) is 6.11. The highest BCUT2D eigenvalue weighted by Gasteiger charge is 2.07. The Labute approximate surface area is 111 Å². The van der Waals surface area contributed by atoms with Gasteiger partial charge in [0.15, 0.2) is 0 Å². The smallest absolute Gasteiger partial charge is 0.134 e. The Balaban J connectivity index is 1.84. The first kappa shape index (κ1) is 11.7. The second-order valence-corrected chi connectivity index (χ2v) is 4.55. The number of aromatic hydroxyl groups is 1. The van der Waals surface area contributed by atoms with E-state index in [9.17, 15) is 5.11 Å². The van der Waals surface area contributed by atoms with Gasteiger partial charge in [-0.1, -0.05) is 17.7 Å². The zero-order valence-electron chi connectivity index (χ0n) is 10.6. The van der Waals surface area contributed by atoms with Crippen molar-refractivity contribution in [2.45, 2.75) is 13.5 Å². The molecule has 0 saturated heterocycles. The summed E-state index contributed by atoms with van der Waals surface area (Å²) < 4.78 is 11.1. The Kier molecular flexibility index (Phi) is 2.88. The largest absolute Gasteiger partial charge is 0.508 e. The van der Waals surface area contributed by atoms with Crippen molar-refractivity contribution in [1.29, 1.82) is 0 Å². The molecule has 0 atom stereocenters. The van der Waals surface area contributed by atoms with Crippen molar-refractivity contribution in [2.75, 3.05) is 0 Å². The molecule has 96 valence electrons. The highest BCUT2D eigenvalue weighted by molar-refractivity contribution is 5.81. The van der Waals surface area contributed by atoms with Gasteiger partial charge in [0.25, 0.3) is 0 Å². The van der Waals surface area contributed by atoms with E-state index in [0.29, 0.717) is 12.4 Å². The minimum Gasteiger partial charge on any atom is -0.508 e. The van der Waals surface area contributed by atoms with Crippen LogP contribution in [0.15, 0.2) is 53.1 Å². The van der Waals surface area contributed by atoms with Crippen molar-refractivity contribution in [2.24, 2.45) is 0 Å². The molecule has 2 aromatic carbocycles. The zero-order valence-corrected chi connectivity index (χ0v) is 10.6. The molecule has 0 aliphatic rings. The molecule has 1 heterocycles. The molecule has 0 aliphatic heterocycles. The lowest BCUT2D eigenvalue weighted by Crippen LogP contribution is -1.94. The van der Waals surface area contributed by atoms with Crippen LogP contribution < -0.4 is 4.74 Å². The molecule has 0 saturated carbocycles. The third-order valence-electron chi connectivity index (χ3n) is 3.02. The number of furan rings is 1. The Bertz CT molecular complexity index is 713. The summed E-state index contributed by atoms with van der Waals surface area (Å²) in [4.78, 5) is 0. The van der Waals surface area contributed by atoms with Gasteiger partial charge in [-0.2, -0.15) is 0 Å². The molecule has 0 radical (unpaired) electrons. The monoisotopic (exact) mass is 254 g/mol. The van der Waals surface area contributed by atoms with E-state index in [0.717, 1.165) is 16.5 Å².